The number of hydrogen-bond donors (Lipinski definition) is 2. The number of aryl methyl sites for hydroxylation is 1. The van der Waals surface area contributed by atoms with Gasteiger partial charge in [0.1, 0.15) is 0 Å². The Bertz CT molecular complexity index is 596. The van der Waals surface area contributed by atoms with Crippen LogP contribution in [0.15, 0.2) is 18.2 Å². The van der Waals surface area contributed by atoms with Gasteiger partial charge in [0, 0.05) is 37.5 Å². The molecule has 0 unspecified atom stereocenters. The predicted octanol–water partition coefficient (Wildman–Crippen LogP) is 3.03. The van der Waals surface area contributed by atoms with Crippen molar-refractivity contribution in [2.24, 2.45) is 5.92 Å². The van der Waals surface area contributed by atoms with E-state index in [1.54, 1.807) is 12.1 Å². The van der Waals surface area contributed by atoms with Gasteiger partial charge in [-0.3, -0.25) is 4.79 Å². The van der Waals surface area contributed by atoms with Crippen LogP contribution in [0.1, 0.15) is 42.6 Å². The molecular formula is C19H29N3O3. The number of nitrogens with one attached hydrogen (secondary N) is 2. The highest BCUT2D eigenvalue weighted by molar-refractivity contribution is 5.96. The number of carbonyl (C=O) groups excluding carboxylic acids is 2. The largest absolute Gasteiger partial charge is 0.380 e. The summed E-state index contributed by atoms with van der Waals surface area (Å²) in [6, 6.07) is 5.14. The van der Waals surface area contributed by atoms with Crippen molar-refractivity contribution < 1.29 is 14.3 Å². The number of nitrogens with zero attached hydrogens (tertiary/aromatic N) is 1. The lowest BCUT2D eigenvalue weighted by Crippen LogP contribution is -2.38. The summed E-state index contributed by atoms with van der Waals surface area (Å²) in [6.07, 6.45) is 2.12. The van der Waals surface area contributed by atoms with Crippen molar-refractivity contribution >= 4 is 17.6 Å². The molecule has 1 heterocycles. The van der Waals surface area contributed by atoms with Crippen molar-refractivity contribution in [1.29, 1.82) is 0 Å². The zero-order valence-electron chi connectivity index (χ0n) is 15.4. The number of ether oxygens (including phenoxy) is 1. The minimum Gasteiger partial charge on any atom is -0.380 e. The number of anilines is 1. The van der Waals surface area contributed by atoms with Gasteiger partial charge in [0.2, 0.25) is 0 Å². The van der Waals surface area contributed by atoms with Crippen molar-refractivity contribution in [3.05, 3.63) is 29.3 Å². The Morgan fingerprint density at radius 3 is 2.64 bits per heavy atom. The maximum absolute atomic E-state index is 12.6. The fourth-order valence-electron chi connectivity index (χ4n) is 2.88. The van der Waals surface area contributed by atoms with Crippen molar-refractivity contribution in [1.82, 2.24) is 10.2 Å². The molecule has 0 bridgehead atoms. The minimum atomic E-state index is -0.271. The second-order valence-corrected chi connectivity index (χ2v) is 6.58. The lowest BCUT2D eigenvalue weighted by molar-refractivity contribution is 0.0697. The molecule has 0 atom stereocenters. The molecule has 2 N–H and O–H groups in total. The number of rotatable bonds is 6. The molecule has 0 spiro atoms. The summed E-state index contributed by atoms with van der Waals surface area (Å²) >= 11 is 0. The summed E-state index contributed by atoms with van der Waals surface area (Å²) in [4.78, 5) is 26.4. The third-order valence-electron chi connectivity index (χ3n) is 4.53. The van der Waals surface area contributed by atoms with E-state index < -0.39 is 0 Å². The standard InChI is InChI=1S/C19H29N3O3/c1-4-25-12-9-20-19(24)21-17-6-5-16(13-15(17)3)18(23)22-10-7-14(2)8-11-22/h5-6,13-14H,4,7-12H2,1-3H3,(H2,20,21,24). The fourth-order valence-corrected chi connectivity index (χ4v) is 2.88. The molecule has 1 aromatic rings. The van der Waals surface area contributed by atoms with Gasteiger partial charge in [0.25, 0.3) is 5.91 Å². The first-order chi connectivity index (χ1) is 12.0. The van der Waals surface area contributed by atoms with E-state index in [9.17, 15) is 9.59 Å². The molecule has 2 rings (SSSR count). The normalized spacial score (nSPS) is 15.1. The van der Waals surface area contributed by atoms with E-state index in [2.05, 4.69) is 17.6 Å². The van der Waals surface area contributed by atoms with E-state index >= 15 is 0 Å². The van der Waals surface area contributed by atoms with E-state index in [-0.39, 0.29) is 11.9 Å². The highest BCUT2D eigenvalue weighted by atomic mass is 16.5. The van der Waals surface area contributed by atoms with E-state index in [1.807, 2.05) is 24.8 Å². The maximum atomic E-state index is 12.6. The van der Waals surface area contributed by atoms with Crippen molar-refractivity contribution in [3.63, 3.8) is 0 Å². The lowest BCUT2D eigenvalue weighted by Gasteiger charge is -2.30. The average molecular weight is 347 g/mol. The minimum absolute atomic E-state index is 0.0720. The van der Waals surface area contributed by atoms with Gasteiger partial charge in [-0.1, -0.05) is 6.92 Å². The number of amides is 3. The summed E-state index contributed by atoms with van der Waals surface area (Å²) in [7, 11) is 0. The first kappa shape index (κ1) is 19.2. The number of hydrogen-bond acceptors (Lipinski definition) is 3. The molecule has 0 radical (unpaired) electrons. The Morgan fingerprint density at radius 2 is 2.00 bits per heavy atom. The fraction of sp³-hybridized carbons (Fsp3) is 0.579. The Kier molecular flexibility index (Phi) is 7.25. The third kappa shape index (κ3) is 5.74. The molecule has 1 fully saturated rings. The number of carbonyl (C=O) groups is 2. The van der Waals surface area contributed by atoms with Crippen molar-refractivity contribution in [2.45, 2.75) is 33.6 Å². The van der Waals surface area contributed by atoms with Crippen LogP contribution in [0.4, 0.5) is 10.5 Å². The molecule has 1 aliphatic rings. The van der Waals surface area contributed by atoms with E-state index in [0.29, 0.717) is 36.9 Å². The van der Waals surface area contributed by atoms with Gasteiger partial charge in [0.15, 0.2) is 0 Å². The number of piperidine rings is 1. The van der Waals surface area contributed by atoms with Crippen LogP contribution in [0, 0.1) is 12.8 Å². The quantitative estimate of drug-likeness (QED) is 0.777. The van der Waals surface area contributed by atoms with E-state index in [0.717, 1.165) is 31.5 Å². The Labute approximate surface area is 149 Å². The molecule has 0 aliphatic carbocycles. The maximum Gasteiger partial charge on any atom is 0.319 e. The van der Waals surface area contributed by atoms with Crippen LogP contribution < -0.4 is 10.6 Å². The summed E-state index contributed by atoms with van der Waals surface area (Å²) < 4.78 is 5.18. The molecule has 1 aliphatic heterocycles. The second-order valence-electron chi connectivity index (χ2n) is 6.58. The summed E-state index contributed by atoms with van der Waals surface area (Å²) in [5.41, 5.74) is 2.25. The third-order valence-corrected chi connectivity index (χ3v) is 4.53. The molecule has 1 saturated heterocycles. The highest BCUT2D eigenvalue weighted by Gasteiger charge is 2.21. The Morgan fingerprint density at radius 1 is 1.28 bits per heavy atom. The van der Waals surface area contributed by atoms with Gasteiger partial charge in [-0.2, -0.15) is 0 Å². The SMILES string of the molecule is CCOCCNC(=O)Nc1ccc(C(=O)N2CCC(C)CC2)cc1C. The lowest BCUT2D eigenvalue weighted by atomic mass is 9.98. The van der Waals surface area contributed by atoms with Crippen molar-refractivity contribution in [2.75, 3.05) is 38.2 Å². The first-order valence-corrected chi connectivity index (χ1v) is 9.03. The topological polar surface area (TPSA) is 70.7 Å². The molecule has 0 saturated carbocycles. The van der Waals surface area contributed by atoms with Gasteiger partial charge in [-0.25, -0.2) is 4.79 Å². The van der Waals surface area contributed by atoms with Gasteiger partial charge in [-0.05, 0) is 56.4 Å². The van der Waals surface area contributed by atoms with Crippen LogP contribution in [-0.2, 0) is 4.74 Å². The van der Waals surface area contributed by atoms with E-state index in [1.165, 1.54) is 0 Å². The van der Waals surface area contributed by atoms with Crippen LogP contribution in [0.3, 0.4) is 0 Å². The average Bonchev–Trinajstić information content (AvgIpc) is 2.60. The van der Waals surface area contributed by atoms with Crippen LogP contribution in [0.2, 0.25) is 0 Å². The molecule has 3 amide bonds. The summed E-state index contributed by atoms with van der Waals surface area (Å²) in [6.45, 7) is 9.26. The van der Waals surface area contributed by atoms with Gasteiger partial charge < -0.3 is 20.3 Å². The smallest absolute Gasteiger partial charge is 0.319 e. The predicted molar refractivity (Wildman–Crippen MR) is 99.0 cm³/mol. The molecule has 1 aromatic carbocycles. The van der Waals surface area contributed by atoms with Crippen LogP contribution in [0.25, 0.3) is 0 Å². The molecular weight excluding hydrogens is 318 g/mol. The molecule has 25 heavy (non-hydrogen) atoms. The van der Waals surface area contributed by atoms with Gasteiger partial charge in [0.05, 0.1) is 6.61 Å². The number of urea groups is 1. The van der Waals surface area contributed by atoms with Crippen LogP contribution in [0.5, 0.6) is 0 Å². The van der Waals surface area contributed by atoms with Crippen LogP contribution >= 0.6 is 0 Å². The molecule has 138 valence electrons. The summed E-state index contributed by atoms with van der Waals surface area (Å²) in [5, 5.41) is 5.54. The van der Waals surface area contributed by atoms with Crippen molar-refractivity contribution in [3.8, 4) is 0 Å². The number of likely N-dealkylation sites (tertiary alicyclic amines) is 1. The monoisotopic (exact) mass is 347 g/mol. The molecule has 6 nitrogen and oxygen atoms in total. The van der Waals surface area contributed by atoms with Gasteiger partial charge in [-0.15, -0.1) is 0 Å². The van der Waals surface area contributed by atoms with Gasteiger partial charge >= 0.3 is 6.03 Å². The second kappa shape index (κ2) is 9.42. The molecule has 6 heteroatoms. The first-order valence-electron chi connectivity index (χ1n) is 9.03. The Balaban J connectivity index is 1.91. The zero-order chi connectivity index (χ0) is 18.2. The number of benzene rings is 1. The highest BCUT2D eigenvalue weighted by Crippen LogP contribution is 2.21. The zero-order valence-corrected chi connectivity index (χ0v) is 15.4. The van der Waals surface area contributed by atoms with Crippen LogP contribution in [-0.4, -0.2) is 49.7 Å². The molecule has 0 aromatic heterocycles. The Hall–Kier alpha value is -2.08. The summed E-state index contributed by atoms with van der Waals surface area (Å²) in [5.74, 6) is 0.765. The van der Waals surface area contributed by atoms with E-state index in [4.69, 9.17) is 4.74 Å².